The van der Waals surface area contributed by atoms with E-state index in [4.69, 9.17) is 25.8 Å². The zero-order valence-corrected chi connectivity index (χ0v) is 18.9. The second-order valence-corrected chi connectivity index (χ2v) is 8.94. The number of rotatable bonds is 7. The SMILES string of the molecule is COc1ccc(NC(=O)C=Cc2ccc3c(c2)OCO3)cc1S(=O)(=O)Nc1ccccc1Cl. The Morgan fingerprint density at radius 2 is 1.85 bits per heavy atom. The molecule has 0 spiro atoms. The number of hydrogen-bond acceptors (Lipinski definition) is 6. The molecule has 0 radical (unpaired) electrons. The zero-order chi connectivity index (χ0) is 23.4. The summed E-state index contributed by atoms with van der Waals surface area (Å²) in [5, 5.41) is 2.90. The first-order valence-electron chi connectivity index (χ1n) is 9.70. The number of benzene rings is 3. The number of carbonyl (C=O) groups excluding carboxylic acids is 1. The highest BCUT2D eigenvalue weighted by molar-refractivity contribution is 7.92. The van der Waals surface area contributed by atoms with E-state index in [1.165, 1.54) is 25.3 Å². The Kier molecular flexibility index (Phi) is 6.43. The largest absolute Gasteiger partial charge is 0.495 e. The Labute approximate surface area is 195 Å². The lowest BCUT2D eigenvalue weighted by Crippen LogP contribution is -2.15. The maximum atomic E-state index is 13.0. The van der Waals surface area contributed by atoms with E-state index in [0.29, 0.717) is 11.5 Å². The van der Waals surface area contributed by atoms with E-state index in [0.717, 1.165) is 5.56 Å². The number of fused-ring (bicyclic) bond motifs is 1. The summed E-state index contributed by atoms with van der Waals surface area (Å²) in [7, 11) is -2.70. The van der Waals surface area contributed by atoms with Crippen LogP contribution < -0.4 is 24.2 Å². The van der Waals surface area contributed by atoms with Crippen LogP contribution in [0, 0.1) is 0 Å². The van der Waals surface area contributed by atoms with Crippen molar-refractivity contribution in [1.82, 2.24) is 0 Å². The van der Waals surface area contributed by atoms with E-state index >= 15 is 0 Å². The number of hydrogen-bond donors (Lipinski definition) is 2. The van der Waals surface area contributed by atoms with Crippen LogP contribution in [-0.4, -0.2) is 28.2 Å². The molecule has 8 nitrogen and oxygen atoms in total. The summed E-state index contributed by atoms with van der Waals surface area (Å²) in [6, 6.07) is 16.1. The first-order valence-corrected chi connectivity index (χ1v) is 11.6. The second-order valence-electron chi connectivity index (χ2n) is 6.89. The Morgan fingerprint density at radius 3 is 2.64 bits per heavy atom. The van der Waals surface area contributed by atoms with Gasteiger partial charge in [-0.15, -0.1) is 0 Å². The van der Waals surface area contributed by atoms with Gasteiger partial charge in [0.25, 0.3) is 10.0 Å². The number of sulfonamides is 1. The maximum Gasteiger partial charge on any atom is 0.265 e. The van der Waals surface area contributed by atoms with Crippen molar-refractivity contribution in [1.29, 1.82) is 0 Å². The van der Waals surface area contributed by atoms with E-state index in [1.54, 1.807) is 54.6 Å². The molecule has 0 saturated heterocycles. The molecule has 10 heteroatoms. The fourth-order valence-electron chi connectivity index (χ4n) is 3.08. The minimum Gasteiger partial charge on any atom is -0.495 e. The topological polar surface area (TPSA) is 103 Å². The van der Waals surface area contributed by atoms with Gasteiger partial charge in [0.05, 0.1) is 17.8 Å². The summed E-state index contributed by atoms with van der Waals surface area (Å²) in [5.41, 5.74) is 1.24. The molecule has 1 heterocycles. The van der Waals surface area contributed by atoms with Crippen LogP contribution in [0.3, 0.4) is 0 Å². The summed E-state index contributed by atoms with van der Waals surface area (Å²) in [6.07, 6.45) is 2.94. The van der Waals surface area contributed by atoms with Gasteiger partial charge in [-0.3, -0.25) is 9.52 Å². The van der Waals surface area contributed by atoms with Crippen LogP contribution in [0.15, 0.2) is 71.6 Å². The number of carbonyl (C=O) groups is 1. The van der Waals surface area contributed by atoms with Crippen LogP contribution in [-0.2, 0) is 14.8 Å². The van der Waals surface area contributed by atoms with Gasteiger partial charge in [-0.05, 0) is 54.1 Å². The Bertz CT molecular complexity index is 1340. The van der Waals surface area contributed by atoms with Crippen molar-refractivity contribution in [2.75, 3.05) is 23.9 Å². The molecule has 0 bridgehead atoms. The molecule has 170 valence electrons. The molecule has 1 aliphatic rings. The highest BCUT2D eigenvalue weighted by atomic mass is 35.5. The third-order valence-electron chi connectivity index (χ3n) is 4.66. The predicted molar refractivity (Wildman–Crippen MR) is 125 cm³/mol. The third kappa shape index (κ3) is 5.21. The standard InChI is InChI=1S/C23H19ClN2O6S/c1-30-20-10-8-16(13-22(20)33(28,29)26-18-5-3-2-4-17(18)24)25-23(27)11-7-15-6-9-19-21(12-15)32-14-31-19/h2-13,26H,14H2,1H3,(H,25,27). The van der Waals surface area contributed by atoms with Gasteiger partial charge in [0.2, 0.25) is 12.7 Å². The van der Waals surface area contributed by atoms with Crippen molar-refractivity contribution < 1.29 is 27.4 Å². The summed E-state index contributed by atoms with van der Waals surface area (Å²) in [4.78, 5) is 12.3. The molecule has 3 aromatic rings. The lowest BCUT2D eigenvalue weighted by Gasteiger charge is -2.14. The molecule has 0 fully saturated rings. The van der Waals surface area contributed by atoms with E-state index in [1.807, 2.05) is 0 Å². The van der Waals surface area contributed by atoms with Crippen molar-refractivity contribution in [3.8, 4) is 17.2 Å². The van der Waals surface area contributed by atoms with Gasteiger partial charge in [0.1, 0.15) is 10.6 Å². The molecule has 0 unspecified atom stereocenters. The summed E-state index contributed by atoms with van der Waals surface area (Å²) >= 11 is 6.07. The van der Waals surface area contributed by atoms with Gasteiger partial charge in [-0.1, -0.05) is 29.8 Å². The van der Waals surface area contributed by atoms with Crippen LogP contribution in [0.5, 0.6) is 17.2 Å². The van der Waals surface area contributed by atoms with Crippen molar-refractivity contribution in [2.45, 2.75) is 4.90 Å². The van der Waals surface area contributed by atoms with Gasteiger partial charge >= 0.3 is 0 Å². The first kappa shape index (κ1) is 22.5. The molecule has 1 aliphatic heterocycles. The maximum absolute atomic E-state index is 13.0. The molecule has 1 amide bonds. The van der Waals surface area contributed by atoms with Crippen molar-refractivity contribution in [2.24, 2.45) is 0 Å². The normalized spacial score (nSPS) is 12.5. The van der Waals surface area contributed by atoms with Gasteiger partial charge < -0.3 is 19.5 Å². The van der Waals surface area contributed by atoms with Crippen LogP contribution in [0.25, 0.3) is 6.08 Å². The second kappa shape index (κ2) is 9.43. The molecule has 4 rings (SSSR count). The Hall–Kier alpha value is -3.69. The number of nitrogens with one attached hydrogen (secondary N) is 2. The van der Waals surface area contributed by atoms with Gasteiger partial charge in [0, 0.05) is 11.8 Å². The van der Waals surface area contributed by atoms with Crippen molar-refractivity contribution in [3.05, 3.63) is 77.3 Å². The quantitative estimate of drug-likeness (QED) is 0.476. The lowest BCUT2D eigenvalue weighted by atomic mass is 10.2. The van der Waals surface area contributed by atoms with Crippen LogP contribution >= 0.6 is 11.6 Å². The Balaban J connectivity index is 1.52. The molecule has 0 atom stereocenters. The van der Waals surface area contributed by atoms with E-state index in [-0.39, 0.29) is 33.8 Å². The lowest BCUT2D eigenvalue weighted by molar-refractivity contribution is -0.111. The average molecular weight is 487 g/mol. The monoisotopic (exact) mass is 486 g/mol. The molecular formula is C23H19ClN2O6S. The molecule has 2 N–H and O–H groups in total. The number of amides is 1. The highest BCUT2D eigenvalue weighted by Crippen LogP contribution is 2.33. The summed E-state index contributed by atoms with van der Waals surface area (Å²) in [6.45, 7) is 0.164. The zero-order valence-electron chi connectivity index (χ0n) is 17.4. The fraction of sp³-hybridized carbons (Fsp3) is 0.0870. The Morgan fingerprint density at radius 1 is 1.06 bits per heavy atom. The number of para-hydroxylation sites is 1. The fourth-order valence-corrected chi connectivity index (χ4v) is 4.60. The summed E-state index contributed by atoms with van der Waals surface area (Å²) in [5.74, 6) is 0.922. The number of anilines is 2. The number of halogens is 1. The number of methoxy groups -OCH3 is 1. The van der Waals surface area contributed by atoms with E-state index in [2.05, 4.69) is 10.0 Å². The van der Waals surface area contributed by atoms with Crippen molar-refractivity contribution >= 4 is 45.0 Å². The highest BCUT2D eigenvalue weighted by Gasteiger charge is 2.21. The van der Waals surface area contributed by atoms with Crippen LogP contribution in [0.2, 0.25) is 5.02 Å². The summed E-state index contributed by atoms with van der Waals surface area (Å²) < 4.78 is 44.2. The van der Waals surface area contributed by atoms with Gasteiger partial charge in [-0.2, -0.15) is 0 Å². The smallest absolute Gasteiger partial charge is 0.265 e. The molecule has 33 heavy (non-hydrogen) atoms. The predicted octanol–water partition coefficient (Wildman–Crippen LogP) is 4.53. The van der Waals surface area contributed by atoms with E-state index in [9.17, 15) is 13.2 Å². The molecule has 0 aliphatic carbocycles. The number of ether oxygens (including phenoxy) is 3. The molecule has 0 saturated carbocycles. The van der Waals surface area contributed by atoms with Gasteiger partial charge in [0.15, 0.2) is 11.5 Å². The molecule has 3 aromatic carbocycles. The third-order valence-corrected chi connectivity index (χ3v) is 6.38. The van der Waals surface area contributed by atoms with Crippen LogP contribution in [0.1, 0.15) is 5.56 Å². The minimum absolute atomic E-state index is 0.114. The van der Waals surface area contributed by atoms with Crippen LogP contribution in [0.4, 0.5) is 11.4 Å². The average Bonchev–Trinajstić information content (AvgIpc) is 3.27. The molecular weight excluding hydrogens is 468 g/mol. The molecule has 0 aromatic heterocycles. The van der Waals surface area contributed by atoms with Gasteiger partial charge in [-0.25, -0.2) is 8.42 Å². The van der Waals surface area contributed by atoms with E-state index < -0.39 is 15.9 Å². The minimum atomic E-state index is -4.05. The van der Waals surface area contributed by atoms with Crippen molar-refractivity contribution in [3.63, 3.8) is 0 Å². The first-order chi connectivity index (χ1) is 15.9.